The molecule has 0 unspecified atom stereocenters. The summed E-state index contributed by atoms with van der Waals surface area (Å²) in [5.74, 6) is -0.176. The number of oxime groups is 1. The molecule has 1 rings (SSSR count). The van der Waals surface area contributed by atoms with Gasteiger partial charge in [-0.05, 0) is 26.0 Å². The Balaban J connectivity index is 2.98. The van der Waals surface area contributed by atoms with Crippen molar-refractivity contribution in [1.82, 2.24) is 0 Å². The highest BCUT2D eigenvalue weighted by molar-refractivity contribution is 6.69. The first kappa shape index (κ1) is 11.8. The number of benzene rings is 1. The van der Waals surface area contributed by atoms with Crippen molar-refractivity contribution in [2.45, 2.75) is 20.0 Å². The van der Waals surface area contributed by atoms with E-state index >= 15 is 0 Å². The molecular formula is C10H11ClFNO2. The van der Waals surface area contributed by atoms with Crippen LogP contribution in [0, 0.1) is 5.82 Å². The summed E-state index contributed by atoms with van der Waals surface area (Å²) in [4.78, 5) is 0. The van der Waals surface area contributed by atoms with E-state index in [1.165, 1.54) is 12.1 Å². The van der Waals surface area contributed by atoms with Crippen LogP contribution < -0.4 is 4.74 Å². The zero-order valence-electron chi connectivity index (χ0n) is 8.37. The van der Waals surface area contributed by atoms with Crippen LogP contribution in [0.4, 0.5) is 4.39 Å². The second-order valence-corrected chi connectivity index (χ2v) is 3.56. The van der Waals surface area contributed by atoms with E-state index in [9.17, 15) is 4.39 Å². The van der Waals surface area contributed by atoms with Crippen molar-refractivity contribution in [3.8, 4) is 5.75 Å². The first-order valence-electron chi connectivity index (χ1n) is 4.38. The van der Waals surface area contributed by atoms with Gasteiger partial charge >= 0.3 is 0 Å². The van der Waals surface area contributed by atoms with Gasteiger partial charge in [0.05, 0.1) is 11.7 Å². The van der Waals surface area contributed by atoms with E-state index in [4.69, 9.17) is 21.5 Å². The van der Waals surface area contributed by atoms with Crippen LogP contribution in [0.1, 0.15) is 19.4 Å². The fourth-order valence-corrected chi connectivity index (χ4v) is 1.22. The highest BCUT2D eigenvalue weighted by Crippen LogP contribution is 2.19. The van der Waals surface area contributed by atoms with Gasteiger partial charge in [-0.3, -0.25) is 0 Å². The molecule has 0 aliphatic heterocycles. The van der Waals surface area contributed by atoms with Crippen molar-refractivity contribution in [1.29, 1.82) is 0 Å². The molecule has 0 bridgehead atoms. The number of hydrogen-bond donors (Lipinski definition) is 1. The van der Waals surface area contributed by atoms with E-state index < -0.39 is 5.82 Å². The van der Waals surface area contributed by atoms with Crippen molar-refractivity contribution in [3.05, 3.63) is 29.6 Å². The molecule has 1 aromatic carbocycles. The van der Waals surface area contributed by atoms with E-state index in [0.717, 1.165) is 0 Å². The van der Waals surface area contributed by atoms with Crippen LogP contribution >= 0.6 is 11.6 Å². The maximum Gasteiger partial charge on any atom is 0.178 e. The SMILES string of the molecule is CC(C)Oc1ccc(C(Cl)=NO)c(F)c1. The fourth-order valence-electron chi connectivity index (χ4n) is 1.06. The number of ether oxygens (including phenoxy) is 1. The number of rotatable bonds is 3. The Morgan fingerprint density at radius 3 is 2.67 bits per heavy atom. The molecule has 0 saturated heterocycles. The van der Waals surface area contributed by atoms with Crippen LogP contribution in [0.15, 0.2) is 23.4 Å². The lowest BCUT2D eigenvalue weighted by Crippen LogP contribution is -2.06. The van der Waals surface area contributed by atoms with Crippen LogP contribution in [-0.4, -0.2) is 16.5 Å². The molecule has 0 saturated carbocycles. The van der Waals surface area contributed by atoms with Crippen molar-refractivity contribution in [2.24, 2.45) is 5.16 Å². The Hall–Kier alpha value is -1.29. The van der Waals surface area contributed by atoms with E-state index in [2.05, 4.69) is 5.16 Å². The molecule has 0 spiro atoms. The van der Waals surface area contributed by atoms with Gasteiger partial charge in [0.15, 0.2) is 5.17 Å². The van der Waals surface area contributed by atoms with Crippen molar-refractivity contribution in [2.75, 3.05) is 0 Å². The van der Waals surface area contributed by atoms with Crippen molar-refractivity contribution < 1.29 is 14.3 Å². The van der Waals surface area contributed by atoms with Gasteiger partial charge in [0.25, 0.3) is 0 Å². The molecular weight excluding hydrogens is 221 g/mol. The summed E-state index contributed by atoms with van der Waals surface area (Å²) in [6, 6.07) is 4.16. The average molecular weight is 232 g/mol. The molecule has 0 fully saturated rings. The molecule has 0 aliphatic rings. The molecule has 3 nitrogen and oxygen atoms in total. The third-order valence-corrected chi connectivity index (χ3v) is 1.90. The lowest BCUT2D eigenvalue weighted by Gasteiger charge is -2.10. The van der Waals surface area contributed by atoms with Crippen molar-refractivity contribution in [3.63, 3.8) is 0 Å². The minimum atomic E-state index is -0.587. The summed E-state index contributed by atoms with van der Waals surface area (Å²) in [7, 11) is 0. The fraction of sp³-hybridized carbons (Fsp3) is 0.300. The molecule has 5 heteroatoms. The van der Waals surface area contributed by atoms with Gasteiger partial charge in [-0.1, -0.05) is 16.8 Å². The molecule has 0 aromatic heterocycles. The molecule has 82 valence electrons. The Morgan fingerprint density at radius 2 is 2.20 bits per heavy atom. The van der Waals surface area contributed by atoms with E-state index in [0.29, 0.717) is 5.75 Å². The standard InChI is InChI=1S/C10H11ClFNO2/c1-6(2)15-7-3-4-8(9(12)5-7)10(11)13-14/h3-6,14H,1-2H3. The van der Waals surface area contributed by atoms with Gasteiger partial charge in [0, 0.05) is 6.07 Å². The topological polar surface area (TPSA) is 41.8 Å². The third-order valence-electron chi connectivity index (χ3n) is 1.62. The summed E-state index contributed by atoms with van der Waals surface area (Å²) in [6.45, 7) is 3.68. The summed E-state index contributed by atoms with van der Waals surface area (Å²) < 4.78 is 18.7. The summed E-state index contributed by atoms with van der Waals surface area (Å²) in [6.07, 6.45) is -0.0303. The minimum absolute atomic E-state index is 0.0303. The van der Waals surface area contributed by atoms with Gasteiger partial charge in [0.2, 0.25) is 0 Å². The Bertz CT molecular complexity index is 380. The highest BCUT2D eigenvalue weighted by Gasteiger charge is 2.09. The summed E-state index contributed by atoms with van der Waals surface area (Å²) in [5, 5.41) is 10.8. The monoisotopic (exact) mass is 231 g/mol. The minimum Gasteiger partial charge on any atom is -0.491 e. The van der Waals surface area contributed by atoms with Crippen LogP contribution in [0.25, 0.3) is 0 Å². The van der Waals surface area contributed by atoms with Crippen LogP contribution in [0.2, 0.25) is 0 Å². The van der Waals surface area contributed by atoms with E-state index in [-0.39, 0.29) is 16.8 Å². The number of halogens is 2. The Morgan fingerprint density at radius 1 is 1.53 bits per heavy atom. The first-order chi connectivity index (χ1) is 7.04. The summed E-state index contributed by atoms with van der Waals surface area (Å²) >= 11 is 5.47. The van der Waals surface area contributed by atoms with Crippen LogP contribution in [-0.2, 0) is 0 Å². The quantitative estimate of drug-likeness (QED) is 0.494. The first-order valence-corrected chi connectivity index (χ1v) is 4.76. The molecule has 0 atom stereocenters. The molecule has 0 heterocycles. The lowest BCUT2D eigenvalue weighted by molar-refractivity contribution is 0.241. The zero-order valence-corrected chi connectivity index (χ0v) is 9.12. The molecule has 1 N–H and O–H groups in total. The zero-order chi connectivity index (χ0) is 11.4. The van der Waals surface area contributed by atoms with Crippen molar-refractivity contribution >= 4 is 16.8 Å². The van der Waals surface area contributed by atoms with Gasteiger partial charge in [-0.2, -0.15) is 0 Å². The lowest BCUT2D eigenvalue weighted by atomic mass is 10.2. The van der Waals surface area contributed by atoms with E-state index in [1.54, 1.807) is 6.07 Å². The Labute approximate surface area is 92.1 Å². The predicted molar refractivity (Wildman–Crippen MR) is 56.3 cm³/mol. The summed E-state index contributed by atoms with van der Waals surface area (Å²) in [5.41, 5.74) is 0.0373. The third kappa shape index (κ3) is 3.09. The second-order valence-electron chi connectivity index (χ2n) is 3.20. The number of hydrogen-bond acceptors (Lipinski definition) is 3. The average Bonchev–Trinajstić information content (AvgIpc) is 2.16. The van der Waals surface area contributed by atoms with Gasteiger partial charge in [0.1, 0.15) is 11.6 Å². The van der Waals surface area contributed by atoms with Gasteiger partial charge in [-0.15, -0.1) is 0 Å². The molecule has 0 aliphatic carbocycles. The number of nitrogens with zero attached hydrogens (tertiary/aromatic N) is 1. The van der Waals surface area contributed by atoms with E-state index in [1.807, 2.05) is 13.8 Å². The maximum atomic E-state index is 13.4. The predicted octanol–water partition coefficient (Wildman–Crippen LogP) is 2.99. The molecule has 15 heavy (non-hydrogen) atoms. The smallest absolute Gasteiger partial charge is 0.178 e. The second kappa shape index (κ2) is 4.98. The highest BCUT2D eigenvalue weighted by atomic mass is 35.5. The van der Waals surface area contributed by atoms with Gasteiger partial charge < -0.3 is 9.94 Å². The Kier molecular flexibility index (Phi) is 3.91. The molecule has 1 aromatic rings. The van der Waals surface area contributed by atoms with Crippen LogP contribution in [0.5, 0.6) is 5.75 Å². The molecule has 0 radical (unpaired) electrons. The van der Waals surface area contributed by atoms with Gasteiger partial charge in [-0.25, -0.2) is 4.39 Å². The van der Waals surface area contributed by atoms with Crippen LogP contribution in [0.3, 0.4) is 0 Å². The largest absolute Gasteiger partial charge is 0.491 e. The normalized spacial score (nSPS) is 11.9. The maximum absolute atomic E-state index is 13.4. The molecule has 0 amide bonds.